The Bertz CT molecular complexity index is 1170. The molecule has 152 valence electrons. The number of aromatic nitrogens is 1. The van der Waals surface area contributed by atoms with Gasteiger partial charge in [-0.2, -0.15) is 0 Å². The van der Waals surface area contributed by atoms with Gasteiger partial charge in [-0.25, -0.2) is 9.37 Å². The van der Waals surface area contributed by atoms with Gasteiger partial charge in [0.1, 0.15) is 16.6 Å². The summed E-state index contributed by atoms with van der Waals surface area (Å²) in [6.45, 7) is 3.94. The van der Waals surface area contributed by atoms with Crippen LogP contribution in [0.5, 0.6) is 0 Å². The average molecular weight is 421 g/mol. The van der Waals surface area contributed by atoms with Crippen LogP contribution in [0, 0.1) is 19.7 Å². The van der Waals surface area contributed by atoms with Crippen LogP contribution in [0.1, 0.15) is 38.2 Å². The number of amides is 1. The van der Waals surface area contributed by atoms with Crippen molar-refractivity contribution in [2.24, 2.45) is 0 Å². The Balaban J connectivity index is 1.74. The molecule has 30 heavy (non-hydrogen) atoms. The minimum atomic E-state index is -0.410. The topological polar surface area (TPSA) is 67.2 Å². The second-order valence-corrected chi connectivity index (χ2v) is 8.18. The molecule has 7 heteroatoms. The lowest BCUT2D eigenvalue weighted by Gasteiger charge is -2.21. The van der Waals surface area contributed by atoms with E-state index in [2.05, 4.69) is 15.6 Å². The van der Waals surface area contributed by atoms with E-state index < -0.39 is 6.04 Å². The molecule has 0 aliphatic rings. The van der Waals surface area contributed by atoms with Crippen molar-refractivity contribution >= 4 is 28.1 Å². The third-order valence-electron chi connectivity index (χ3n) is 4.56. The summed E-state index contributed by atoms with van der Waals surface area (Å²) in [6, 6.07) is 15.1. The number of aryl methyl sites for hydroxylation is 2. The molecule has 0 saturated carbocycles. The number of hydrogen-bond acceptors (Lipinski definition) is 5. The van der Waals surface area contributed by atoms with Gasteiger partial charge in [0.15, 0.2) is 5.76 Å². The lowest BCUT2D eigenvalue weighted by molar-refractivity contribution is 0.0997. The van der Waals surface area contributed by atoms with Crippen LogP contribution in [0.2, 0.25) is 0 Å². The van der Waals surface area contributed by atoms with Crippen LogP contribution in [-0.4, -0.2) is 10.9 Å². The van der Waals surface area contributed by atoms with Crippen molar-refractivity contribution in [1.29, 1.82) is 0 Å². The molecule has 0 spiro atoms. The van der Waals surface area contributed by atoms with Crippen LogP contribution in [0.15, 0.2) is 71.5 Å². The normalized spacial score (nSPS) is 11.8. The molecule has 4 aromatic rings. The van der Waals surface area contributed by atoms with Crippen LogP contribution < -0.4 is 10.6 Å². The third-order valence-corrected chi connectivity index (χ3v) is 5.54. The Labute approximate surface area is 177 Å². The van der Waals surface area contributed by atoms with Crippen LogP contribution in [0.4, 0.5) is 15.2 Å². The SMILES string of the molecule is Cc1ccnc(N[C@@H](c2cccc(F)c2)c2cc(C)sc2NC(=O)c2ccco2)c1. The Kier molecular flexibility index (Phi) is 5.63. The van der Waals surface area contributed by atoms with Gasteiger partial charge in [-0.3, -0.25) is 4.79 Å². The van der Waals surface area contributed by atoms with Crippen LogP contribution >= 0.6 is 11.3 Å². The molecular formula is C23H20FN3O2S. The van der Waals surface area contributed by atoms with Crippen LogP contribution in [-0.2, 0) is 0 Å². The minimum absolute atomic E-state index is 0.225. The number of hydrogen-bond donors (Lipinski definition) is 2. The predicted octanol–water partition coefficient (Wildman–Crippen LogP) is 5.95. The molecule has 0 radical (unpaired) electrons. The van der Waals surface area contributed by atoms with Crippen molar-refractivity contribution in [2.45, 2.75) is 19.9 Å². The van der Waals surface area contributed by atoms with Gasteiger partial charge in [-0.15, -0.1) is 11.3 Å². The number of carbonyl (C=O) groups is 1. The zero-order chi connectivity index (χ0) is 21.1. The highest BCUT2D eigenvalue weighted by Gasteiger charge is 2.23. The highest BCUT2D eigenvalue weighted by atomic mass is 32.1. The average Bonchev–Trinajstić information content (AvgIpc) is 3.36. The van der Waals surface area contributed by atoms with Crippen molar-refractivity contribution in [3.8, 4) is 0 Å². The fourth-order valence-corrected chi connectivity index (χ4v) is 4.15. The zero-order valence-electron chi connectivity index (χ0n) is 16.5. The maximum Gasteiger partial charge on any atom is 0.291 e. The Morgan fingerprint density at radius 2 is 2.00 bits per heavy atom. The molecule has 0 bridgehead atoms. The summed E-state index contributed by atoms with van der Waals surface area (Å²) in [6.07, 6.45) is 3.18. The summed E-state index contributed by atoms with van der Waals surface area (Å²) in [5, 5.41) is 6.99. The van der Waals surface area contributed by atoms with Gasteiger partial charge < -0.3 is 15.1 Å². The molecule has 0 saturated heterocycles. The molecule has 3 aromatic heterocycles. The predicted molar refractivity (Wildman–Crippen MR) is 117 cm³/mol. The summed E-state index contributed by atoms with van der Waals surface area (Å²) in [7, 11) is 0. The first-order chi connectivity index (χ1) is 14.5. The van der Waals surface area contributed by atoms with E-state index in [-0.39, 0.29) is 17.5 Å². The van der Waals surface area contributed by atoms with Crippen LogP contribution in [0.25, 0.3) is 0 Å². The monoisotopic (exact) mass is 421 g/mol. The van der Waals surface area contributed by atoms with E-state index in [0.717, 1.165) is 21.6 Å². The Morgan fingerprint density at radius 3 is 2.73 bits per heavy atom. The van der Waals surface area contributed by atoms with Gasteiger partial charge in [0, 0.05) is 16.6 Å². The highest BCUT2D eigenvalue weighted by molar-refractivity contribution is 7.16. The zero-order valence-corrected chi connectivity index (χ0v) is 17.3. The van der Waals surface area contributed by atoms with Gasteiger partial charge in [0.25, 0.3) is 5.91 Å². The molecule has 1 amide bonds. The minimum Gasteiger partial charge on any atom is -0.459 e. The van der Waals surface area contributed by atoms with Gasteiger partial charge >= 0.3 is 0 Å². The molecule has 0 aliphatic carbocycles. The molecule has 5 nitrogen and oxygen atoms in total. The second kappa shape index (κ2) is 8.51. The molecule has 0 aliphatic heterocycles. The summed E-state index contributed by atoms with van der Waals surface area (Å²) in [5.74, 6) is 0.221. The van der Waals surface area contributed by atoms with Crippen molar-refractivity contribution in [3.63, 3.8) is 0 Å². The van der Waals surface area contributed by atoms with E-state index in [0.29, 0.717) is 10.8 Å². The van der Waals surface area contributed by atoms with Gasteiger partial charge in [0.2, 0.25) is 0 Å². The van der Waals surface area contributed by atoms with Gasteiger partial charge in [-0.05, 0) is 67.4 Å². The largest absolute Gasteiger partial charge is 0.459 e. The molecule has 3 heterocycles. The smallest absolute Gasteiger partial charge is 0.291 e. The first kappa shape index (κ1) is 19.8. The lowest BCUT2D eigenvalue weighted by atomic mass is 9.99. The van der Waals surface area contributed by atoms with E-state index in [1.54, 1.807) is 24.4 Å². The van der Waals surface area contributed by atoms with Crippen molar-refractivity contribution < 1.29 is 13.6 Å². The standard InChI is InChI=1S/C23H20FN3O2S/c1-14-8-9-25-20(11-14)26-21(16-5-3-6-17(24)13-16)18-12-15(2)30-23(18)27-22(28)19-7-4-10-29-19/h3-13,21H,1-2H3,(H,25,26)(H,27,28)/t21-/m0/s1. The van der Waals surface area contributed by atoms with Crippen molar-refractivity contribution in [2.75, 3.05) is 10.6 Å². The lowest BCUT2D eigenvalue weighted by Crippen LogP contribution is -2.17. The van der Waals surface area contributed by atoms with E-state index in [4.69, 9.17) is 4.42 Å². The summed E-state index contributed by atoms with van der Waals surface area (Å²) in [4.78, 5) is 18.0. The van der Waals surface area contributed by atoms with E-state index in [1.165, 1.54) is 29.7 Å². The first-order valence-corrected chi connectivity index (χ1v) is 10.2. The maximum atomic E-state index is 14.0. The molecule has 1 atom stereocenters. The Morgan fingerprint density at radius 1 is 1.13 bits per heavy atom. The van der Waals surface area contributed by atoms with Crippen molar-refractivity contribution in [1.82, 2.24) is 4.98 Å². The van der Waals surface area contributed by atoms with E-state index in [1.807, 2.05) is 38.1 Å². The third kappa shape index (κ3) is 4.41. The molecule has 1 aromatic carbocycles. The van der Waals surface area contributed by atoms with Crippen LogP contribution in [0.3, 0.4) is 0 Å². The number of benzene rings is 1. The summed E-state index contributed by atoms with van der Waals surface area (Å²) in [5.41, 5.74) is 2.61. The highest BCUT2D eigenvalue weighted by Crippen LogP contribution is 2.37. The molecule has 2 N–H and O–H groups in total. The fraction of sp³-hybridized carbons (Fsp3) is 0.130. The number of thiophene rings is 1. The molecular weight excluding hydrogens is 401 g/mol. The number of nitrogens with one attached hydrogen (secondary N) is 2. The number of pyridine rings is 1. The number of nitrogens with zero attached hydrogens (tertiary/aromatic N) is 1. The van der Waals surface area contributed by atoms with E-state index >= 15 is 0 Å². The quantitative estimate of drug-likeness (QED) is 0.404. The molecule has 0 unspecified atom stereocenters. The van der Waals surface area contributed by atoms with Gasteiger partial charge in [-0.1, -0.05) is 12.1 Å². The number of furan rings is 1. The molecule has 0 fully saturated rings. The van der Waals surface area contributed by atoms with Gasteiger partial charge in [0.05, 0.1) is 12.3 Å². The second-order valence-electron chi connectivity index (χ2n) is 6.92. The fourth-order valence-electron chi connectivity index (χ4n) is 3.21. The summed E-state index contributed by atoms with van der Waals surface area (Å²) < 4.78 is 19.2. The number of carbonyl (C=O) groups excluding carboxylic acids is 1. The number of rotatable bonds is 6. The van der Waals surface area contributed by atoms with Crippen molar-refractivity contribution in [3.05, 3.63) is 100 Å². The summed E-state index contributed by atoms with van der Waals surface area (Å²) >= 11 is 1.45. The van der Waals surface area contributed by atoms with E-state index in [9.17, 15) is 9.18 Å². The first-order valence-electron chi connectivity index (χ1n) is 9.39. The maximum absolute atomic E-state index is 14.0. The number of anilines is 2. The molecule has 4 rings (SSSR count). The Hall–Kier alpha value is -3.45. The number of halogens is 1.